The summed E-state index contributed by atoms with van der Waals surface area (Å²) in [4.78, 5) is 4.41. The van der Waals surface area contributed by atoms with Gasteiger partial charge in [-0.3, -0.25) is 4.99 Å². The summed E-state index contributed by atoms with van der Waals surface area (Å²) in [5.41, 5.74) is 2.22. The van der Waals surface area contributed by atoms with Crippen molar-refractivity contribution in [3.63, 3.8) is 0 Å². The molecule has 1 atom stereocenters. The van der Waals surface area contributed by atoms with Crippen molar-refractivity contribution in [3.8, 4) is 11.4 Å². The van der Waals surface area contributed by atoms with Crippen molar-refractivity contribution in [2.24, 2.45) is 4.99 Å². The number of nitrogens with one attached hydrogen (secondary N) is 2. The lowest BCUT2D eigenvalue weighted by molar-refractivity contribution is 0.114. The van der Waals surface area contributed by atoms with Crippen molar-refractivity contribution >= 4 is 5.96 Å². The highest BCUT2D eigenvalue weighted by Gasteiger charge is 2.06. The minimum absolute atomic E-state index is 0.0805. The van der Waals surface area contributed by atoms with Crippen LogP contribution in [0.3, 0.4) is 0 Å². The number of halogens is 1. The summed E-state index contributed by atoms with van der Waals surface area (Å²) >= 11 is 0. The molecule has 0 aliphatic rings. The number of rotatable bonds is 10. The van der Waals surface area contributed by atoms with E-state index < -0.39 is 6.10 Å². The Morgan fingerprint density at radius 3 is 2.61 bits per heavy atom. The Hall–Kier alpha value is -3.39. The van der Waals surface area contributed by atoms with Crippen molar-refractivity contribution in [2.45, 2.75) is 19.4 Å². The molecule has 0 aliphatic heterocycles. The van der Waals surface area contributed by atoms with Gasteiger partial charge >= 0.3 is 0 Å². The first kappa shape index (κ1) is 22.3. The molecule has 0 amide bonds. The second-order valence-corrected chi connectivity index (χ2v) is 6.93. The first-order valence-electron chi connectivity index (χ1n) is 10.3. The zero-order valence-corrected chi connectivity index (χ0v) is 17.5. The highest BCUT2D eigenvalue weighted by molar-refractivity contribution is 5.79. The number of hydrogen-bond donors (Lipinski definition) is 3. The van der Waals surface area contributed by atoms with E-state index in [4.69, 9.17) is 4.74 Å². The fourth-order valence-electron chi connectivity index (χ4n) is 2.88. The Morgan fingerprint density at radius 2 is 1.94 bits per heavy atom. The summed E-state index contributed by atoms with van der Waals surface area (Å²) in [7, 11) is 0. The quantitative estimate of drug-likeness (QED) is 0.344. The van der Waals surface area contributed by atoms with E-state index in [2.05, 4.69) is 32.9 Å². The average molecular weight is 426 g/mol. The Labute approximate surface area is 181 Å². The topological polar surface area (TPSA) is 83.7 Å². The molecule has 7 nitrogen and oxygen atoms in total. The van der Waals surface area contributed by atoms with Gasteiger partial charge in [0.25, 0.3) is 0 Å². The predicted octanol–water partition coefficient (Wildman–Crippen LogP) is 2.55. The fraction of sp³-hybridized carbons (Fsp3) is 0.304. The summed E-state index contributed by atoms with van der Waals surface area (Å²) in [6, 6.07) is 15.8. The average Bonchev–Trinajstić information content (AvgIpc) is 3.32. The minimum atomic E-state index is -0.768. The normalized spacial score (nSPS) is 12.4. The van der Waals surface area contributed by atoms with Crippen LogP contribution in [0.4, 0.5) is 4.39 Å². The summed E-state index contributed by atoms with van der Waals surface area (Å²) in [6.07, 6.45) is 3.73. The zero-order valence-electron chi connectivity index (χ0n) is 17.5. The predicted molar refractivity (Wildman–Crippen MR) is 119 cm³/mol. The molecule has 0 spiro atoms. The van der Waals surface area contributed by atoms with Crippen LogP contribution in [0.5, 0.6) is 5.75 Å². The molecule has 0 aliphatic carbocycles. The van der Waals surface area contributed by atoms with Gasteiger partial charge in [0.2, 0.25) is 0 Å². The SMILES string of the molecule is CCNC(=NCC(O)COc1ccc(F)cc1)NCCc1ccc(-n2cccn2)cc1. The van der Waals surface area contributed by atoms with Gasteiger partial charge in [0, 0.05) is 25.5 Å². The number of aliphatic hydroxyl groups is 1. The van der Waals surface area contributed by atoms with Gasteiger partial charge < -0.3 is 20.5 Å². The maximum absolute atomic E-state index is 12.9. The number of nitrogens with zero attached hydrogens (tertiary/aromatic N) is 3. The standard InChI is InChI=1S/C23H28FN5O2/c1-2-25-23(27-16-21(30)17-31-22-10-6-19(24)7-11-22)26-14-12-18-4-8-20(9-5-18)29-15-3-13-28-29/h3-11,13,15,21,30H,2,12,14,16-17H2,1H3,(H2,25,26,27). The van der Waals surface area contributed by atoms with Gasteiger partial charge in [-0.15, -0.1) is 0 Å². The minimum Gasteiger partial charge on any atom is -0.491 e. The van der Waals surface area contributed by atoms with Crippen LogP contribution in [0.2, 0.25) is 0 Å². The smallest absolute Gasteiger partial charge is 0.191 e. The lowest BCUT2D eigenvalue weighted by Crippen LogP contribution is -2.39. The van der Waals surface area contributed by atoms with Crippen LogP contribution in [-0.2, 0) is 6.42 Å². The number of aliphatic hydroxyl groups excluding tert-OH is 1. The van der Waals surface area contributed by atoms with Gasteiger partial charge in [-0.1, -0.05) is 12.1 Å². The third-order valence-corrected chi connectivity index (χ3v) is 4.47. The molecule has 0 radical (unpaired) electrons. The van der Waals surface area contributed by atoms with Crippen LogP contribution in [0, 0.1) is 5.82 Å². The Kier molecular flexibility index (Phi) is 8.42. The highest BCUT2D eigenvalue weighted by Crippen LogP contribution is 2.11. The molecule has 0 bridgehead atoms. The lowest BCUT2D eigenvalue weighted by Gasteiger charge is -2.14. The van der Waals surface area contributed by atoms with Gasteiger partial charge in [0.1, 0.15) is 24.3 Å². The van der Waals surface area contributed by atoms with Crippen molar-refractivity contribution in [2.75, 3.05) is 26.2 Å². The molecule has 2 aromatic carbocycles. The number of ether oxygens (including phenoxy) is 1. The van der Waals surface area contributed by atoms with Crippen LogP contribution in [0.25, 0.3) is 5.69 Å². The second kappa shape index (κ2) is 11.7. The maximum atomic E-state index is 12.9. The third kappa shape index (κ3) is 7.42. The van der Waals surface area contributed by atoms with E-state index in [1.54, 1.807) is 6.20 Å². The molecule has 3 rings (SSSR count). The van der Waals surface area contributed by atoms with Crippen LogP contribution < -0.4 is 15.4 Å². The molecule has 1 aromatic heterocycles. The number of guanidine groups is 1. The van der Waals surface area contributed by atoms with Gasteiger partial charge in [0.05, 0.1) is 12.2 Å². The fourth-order valence-corrected chi connectivity index (χ4v) is 2.88. The highest BCUT2D eigenvalue weighted by atomic mass is 19.1. The molecule has 3 N–H and O–H groups in total. The van der Waals surface area contributed by atoms with E-state index >= 15 is 0 Å². The summed E-state index contributed by atoms with van der Waals surface area (Å²) in [5.74, 6) is 0.817. The van der Waals surface area contributed by atoms with Gasteiger partial charge in [0.15, 0.2) is 5.96 Å². The Bertz CT molecular complexity index is 928. The molecule has 0 saturated carbocycles. The number of benzene rings is 2. The molecule has 0 saturated heterocycles. The van der Waals surface area contributed by atoms with E-state index in [0.717, 1.165) is 12.1 Å². The van der Waals surface area contributed by atoms with Crippen molar-refractivity contribution in [1.29, 1.82) is 0 Å². The van der Waals surface area contributed by atoms with Crippen LogP contribution in [-0.4, -0.2) is 53.2 Å². The molecule has 31 heavy (non-hydrogen) atoms. The Morgan fingerprint density at radius 1 is 1.16 bits per heavy atom. The largest absolute Gasteiger partial charge is 0.491 e. The van der Waals surface area contributed by atoms with Crippen molar-refractivity contribution < 1.29 is 14.2 Å². The molecule has 1 unspecified atom stereocenters. The summed E-state index contributed by atoms with van der Waals surface area (Å²) in [6.45, 7) is 3.67. The number of hydrogen-bond acceptors (Lipinski definition) is 4. The summed E-state index contributed by atoms with van der Waals surface area (Å²) in [5, 5.41) is 20.8. The van der Waals surface area contributed by atoms with Gasteiger partial charge in [-0.05, 0) is 61.4 Å². The van der Waals surface area contributed by atoms with Crippen molar-refractivity contribution in [3.05, 3.63) is 78.4 Å². The van der Waals surface area contributed by atoms with E-state index in [9.17, 15) is 9.50 Å². The van der Waals surface area contributed by atoms with E-state index in [0.29, 0.717) is 24.8 Å². The monoisotopic (exact) mass is 425 g/mol. The van der Waals surface area contributed by atoms with E-state index in [-0.39, 0.29) is 19.0 Å². The maximum Gasteiger partial charge on any atom is 0.191 e. The molecular weight excluding hydrogens is 397 g/mol. The van der Waals surface area contributed by atoms with Gasteiger partial charge in [-0.25, -0.2) is 9.07 Å². The second-order valence-electron chi connectivity index (χ2n) is 6.93. The molecule has 1 heterocycles. The Balaban J connectivity index is 1.42. The molecular formula is C23H28FN5O2. The van der Waals surface area contributed by atoms with E-state index in [1.807, 2.05) is 36.0 Å². The zero-order chi connectivity index (χ0) is 21.9. The molecule has 164 valence electrons. The third-order valence-electron chi connectivity index (χ3n) is 4.47. The first-order valence-corrected chi connectivity index (χ1v) is 10.3. The lowest BCUT2D eigenvalue weighted by atomic mass is 10.1. The van der Waals surface area contributed by atoms with Gasteiger partial charge in [-0.2, -0.15) is 5.10 Å². The first-order chi connectivity index (χ1) is 15.1. The molecule has 3 aromatic rings. The number of aromatic nitrogens is 2. The molecule has 0 fully saturated rings. The van der Waals surface area contributed by atoms with Crippen molar-refractivity contribution in [1.82, 2.24) is 20.4 Å². The van der Waals surface area contributed by atoms with Crippen LogP contribution in [0.1, 0.15) is 12.5 Å². The van der Waals surface area contributed by atoms with Crippen LogP contribution >= 0.6 is 0 Å². The summed E-state index contributed by atoms with van der Waals surface area (Å²) < 4.78 is 20.2. The number of aliphatic imine (C=N–C) groups is 1. The molecule has 8 heteroatoms. The van der Waals surface area contributed by atoms with Crippen LogP contribution in [0.15, 0.2) is 72.0 Å². The van der Waals surface area contributed by atoms with E-state index in [1.165, 1.54) is 29.8 Å².